The van der Waals surface area contributed by atoms with E-state index in [0.717, 1.165) is 25.7 Å². The van der Waals surface area contributed by atoms with Crippen LogP contribution < -0.4 is 5.32 Å². The predicted molar refractivity (Wildman–Crippen MR) is 62.1 cm³/mol. The lowest BCUT2D eigenvalue weighted by molar-refractivity contribution is -0.0132. The summed E-state index contributed by atoms with van der Waals surface area (Å²) in [6.45, 7) is 9.58. The van der Waals surface area contributed by atoms with Gasteiger partial charge in [0.2, 0.25) is 0 Å². The van der Waals surface area contributed by atoms with Crippen molar-refractivity contribution in [3.63, 3.8) is 0 Å². The summed E-state index contributed by atoms with van der Waals surface area (Å²) in [5.41, 5.74) is 0. The van der Waals surface area contributed by atoms with Gasteiger partial charge in [-0.2, -0.15) is 0 Å². The minimum absolute atomic E-state index is 0.213. The highest BCUT2D eigenvalue weighted by molar-refractivity contribution is 4.86. The summed E-state index contributed by atoms with van der Waals surface area (Å²) in [4.78, 5) is 0. The molecule has 0 aromatic rings. The SMILES string of the molecule is CCNC(COC(C)COCC)C1CC1. The summed E-state index contributed by atoms with van der Waals surface area (Å²) >= 11 is 0. The molecule has 1 aliphatic rings. The molecule has 1 fully saturated rings. The van der Waals surface area contributed by atoms with Gasteiger partial charge < -0.3 is 14.8 Å². The van der Waals surface area contributed by atoms with Crippen molar-refractivity contribution in [2.45, 2.75) is 45.8 Å². The van der Waals surface area contributed by atoms with Gasteiger partial charge in [-0.25, -0.2) is 0 Å². The van der Waals surface area contributed by atoms with Crippen LogP contribution in [0.15, 0.2) is 0 Å². The van der Waals surface area contributed by atoms with Crippen molar-refractivity contribution < 1.29 is 9.47 Å². The number of ether oxygens (including phenoxy) is 2. The predicted octanol–water partition coefficient (Wildman–Crippen LogP) is 1.82. The lowest BCUT2D eigenvalue weighted by atomic mass is 10.2. The van der Waals surface area contributed by atoms with E-state index in [0.29, 0.717) is 12.6 Å². The van der Waals surface area contributed by atoms with Crippen LogP contribution in [0.4, 0.5) is 0 Å². The number of nitrogens with one attached hydrogen (secondary N) is 1. The van der Waals surface area contributed by atoms with E-state index in [9.17, 15) is 0 Å². The fourth-order valence-corrected chi connectivity index (χ4v) is 1.72. The molecule has 0 aromatic heterocycles. The molecule has 0 spiro atoms. The Kier molecular flexibility index (Phi) is 6.22. The van der Waals surface area contributed by atoms with E-state index in [2.05, 4.69) is 19.2 Å². The van der Waals surface area contributed by atoms with Crippen LogP contribution in [0.5, 0.6) is 0 Å². The van der Waals surface area contributed by atoms with Gasteiger partial charge in [0, 0.05) is 12.6 Å². The topological polar surface area (TPSA) is 30.5 Å². The third kappa shape index (κ3) is 5.50. The number of hydrogen-bond donors (Lipinski definition) is 1. The summed E-state index contributed by atoms with van der Waals surface area (Å²) in [5.74, 6) is 0.851. The van der Waals surface area contributed by atoms with Crippen LogP contribution in [0.1, 0.15) is 33.6 Å². The maximum absolute atomic E-state index is 5.77. The second-order valence-electron chi connectivity index (χ2n) is 4.31. The van der Waals surface area contributed by atoms with Crippen LogP contribution in [0.2, 0.25) is 0 Å². The normalized spacial score (nSPS) is 20.2. The second kappa shape index (κ2) is 7.20. The first kappa shape index (κ1) is 12.9. The molecule has 3 nitrogen and oxygen atoms in total. The standard InChI is InChI=1S/C12H25NO2/c1-4-13-12(11-6-7-11)9-15-10(3)8-14-5-2/h10-13H,4-9H2,1-3H3. The van der Waals surface area contributed by atoms with Crippen LogP contribution in [-0.4, -0.2) is 38.5 Å². The molecule has 1 N–H and O–H groups in total. The lowest BCUT2D eigenvalue weighted by Gasteiger charge is -2.20. The van der Waals surface area contributed by atoms with E-state index < -0.39 is 0 Å². The van der Waals surface area contributed by atoms with E-state index in [4.69, 9.17) is 9.47 Å². The summed E-state index contributed by atoms with van der Waals surface area (Å²) in [7, 11) is 0. The van der Waals surface area contributed by atoms with Gasteiger partial charge in [-0.15, -0.1) is 0 Å². The number of hydrogen-bond acceptors (Lipinski definition) is 3. The third-order valence-corrected chi connectivity index (χ3v) is 2.77. The first-order chi connectivity index (χ1) is 7.27. The van der Waals surface area contributed by atoms with Crippen LogP contribution in [0.25, 0.3) is 0 Å². The fourth-order valence-electron chi connectivity index (χ4n) is 1.72. The molecule has 0 heterocycles. The summed E-state index contributed by atoms with van der Waals surface area (Å²) in [5, 5.41) is 3.49. The second-order valence-corrected chi connectivity index (χ2v) is 4.31. The first-order valence-corrected chi connectivity index (χ1v) is 6.20. The van der Waals surface area contributed by atoms with Gasteiger partial charge in [-0.05, 0) is 39.2 Å². The quantitative estimate of drug-likeness (QED) is 0.636. The van der Waals surface area contributed by atoms with Crippen molar-refractivity contribution in [3.05, 3.63) is 0 Å². The molecule has 0 saturated heterocycles. The molecular weight excluding hydrogens is 190 g/mol. The van der Waals surface area contributed by atoms with E-state index in [-0.39, 0.29) is 6.10 Å². The molecule has 2 unspecified atom stereocenters. The highest BCUT2D eigenvalue weighted by Crippen LogP contribution is 2.32. The van der Waals surface area contributed by atoms with E-state index >= 15 is 0 Å². The zero-order valence-electron chi connectivity index (χ0n) is 10.3. The molecule has 1 saturated carbocycles. The maximum Gasteiger partial charge on any atom is 0.0781 e. The van der Waals surface area contributed by atoms with Crippen molar-refractivity contribution in [1.29, 1.82) is 0 Å². The van der Waals surface area contributed by atoms with Gasteiger partial charge in [0.1, 0.15) is 0 Å². The molecule has 2 atom stereocenters. The van der Waals surface area contributed by atoms with Gasteiger partial charge in [0.05, 0.1) is 19.3 Å². The zero-order chi connectivity index (χ0) is 11.1. The van der Waals surface area contributed by atoms with Crippen molar-refractivity contribution in [1.82, 2.24) is 5.32 Å². The van der Waals surface area contributed by atoms with Crippen LogP contribution in [0.3, 0.4) is 0 Å². The molecule has 0 radical (unpaired) electrons. The summed E-state index contributed by atoms with van der Waals surface area (Å²) in [6, 6.07) is 0.555. The van der Waals surface area contributed by atoms with Crippen molar-refractivity contribution in [3.8, 4) is 0 Å². The zero-order valence-corrected chi connectivity index (χ0v) is 10.3. The number of rotatable bonds is 9. The Balaban J connectivity index is 2.09. The molecule has 1 rings (SSSR count). The number of likely N-dealkylation sites (N-methyl/N-ethyl adjacent to an activating group) is 1. The molecule has 15 heavy (non-hydrogen) atoms. The molecular formula is C12H25NO2. The highest BCUT2D eigenvalue weighted by atomic mass is 16.5. The summed E-state index contributed by atoms with van der Waals surface area (Å²) < 4.78 is 11.1. The largest absolute Gasteiger partial charge is 0.379 e. The van der Waals surface area contributed by atoms with Crippen LogP contribution in [0, 0.1) is 5.92 Å². The van der Waals surface area contributed by atoms with E-state index in [1.54, 1.807) is 0 Å². The minimum Gasteiger partial charge on any atom is -0.379 e. The van der Waals surface area contributed by atoms with Crippen molar-refractivity contribution in [2.24, 2.45) is 5.92 Å². The lowest BCUT2D eigenvalue weighted by Crippen LogP contribution is -2.37. The third-order valence-electron chi connectivity index (χ3n) is 2.77. The Bertz CT molecular complexity index is 160. The average Bonchev–Trinajstić information content (AvgIpc) is 3.04. The van der Waals surface area contributed by atoms with Gasteiger partial charge in [0.25, 0.3) is 0 Å². The van der Waals surface area contributed by atoms with E-state index in [1.807, 2.05) is 6.92 Å². The van der Waals surface area contributed by atoms with Crippen LogP contribution >= 0.6 is 0 Å². The van der Waals surface area contributed by atoms with E-state index in [1.165, 1.54) is 12.8 Å². The molecule has 0 bridgehead atoms. The molecule has 3 heteroatoms. The minimum atomic E-state index is 0.213. The smallest absolute Gasteiger partial charge is 0.0781 e. The first-order valence-electron chi connectivity index (χ1n) is 6.20. The van der Waals surface area contributed by atoms with Crippen molar-refractivity contribution >= 4 is 0 Å². The Morgan fingerprint density at radius 1 is 1.27 bits per heavy atom. The highest BCUT2D eigenvalue weighted by Gasteiger charge is 2.30. The van der Waals surface area contributed by atoms with Gasteiger partial charge >= 0.3 is 0 Å². The van der Waals surface area contributed by atoms with Gasteiger partial charge in [-0.1, -0.05) is 6.92 Å². The summed E-state index contributed by atoms with van der Waals surface area (Å²) in [6.07, 6.45) is 2.94. The van der Waals surface area contributed by atoms with Gasteiger partial charge in [0.15, 0.2) is 0 Å². The maximum atomic E-state index is 5.77. The molecule has 0 aliphatic heterocycles. The fraction of sp³-hybridized carbons (Fsp3) is 1.00. The molecule has 90 valence electrons. The Morgan fingerprint density at radius 2 is 2.00 bits per heavy atom. The Hall–Kier alpha value is -0.120. The Morgan fingerprint density at radius 3 is 2.53 bits per heavy atom. The monoisotopic (exact) mass is 215 g/mol. The van der Waals surface area contributed by atoms with Crippen LogP contribution in [-0.2, 0) is 9.47 Å². The molecule has 0 aromatic carbocycles. The molecule has 1 aliphatic carbocycles. The Labute approximate surface area is 93.5 Å². The molecule has 0 amide bonds. The van der Waals surface area contributed by atoms with Gasteiger partial charge in [-0.3, -0.25) is 0 Å². The average molecular weight is 215 g/mol. The van der Waals surface area contributed by atoms with Crippen molar-refractivity contribution in [2.75, 3.05) is 26.4 Å².